The van der Waals surface area contributed by atoms with Gasteiger partial charge in [-0.2, -0.15) is 0 Å². The number of rotatable bonds is 4. The van der Waals surface area contributed by atoms with Crippen molar-refractivity contribution >= 4 is 0 Å². The molecule has 0 saturated carbocycles. The van der Waals surface area contributed by atoms with Crippen LogP contribution >= 0.6 is 0 Å². The number of aromatic nitrogens is 2. The zero-order valence-electron chi connectivity index (χ0n) is 10.0. The van der Waals surface area contributed by atoms with Crippen LogP contribution in [0, 0.1) is 0 Å². The van der Waals surface area contributed by atoms with Crippen molar-refractivity contribution in [2.45, 2.75) is 25.8 Å². The maximum Gasteiger partial charge on any atom is 0.149 e. The van der Waals surface area contributed by atoms with Crippen LogP contribution < -0.4 is 5.73 Å². The summed E-state index contributed by atoms with van der Waals surface area (Å²) in [6.07, 6.45) is 5.70. The van der Waals surface area contributed by atoms with Gasteiger partial charge in [-0.25, -0.2) is 9.97 Å². The summed E-state index contributed by atoms with van der Waals surface area (Å²) in [4.78, 5) is 8.36. The monoisotopic (exact) mass is 227 g/mol. The summed E-state index contributed by atoms with van der Waals surface area (Å²) in [6, 6.07) is 9.92. The molecule has 0 bridgehead atoms. The topological polar surface area (TPSA) is 51.8 Å². The highest BCUT2D eigenvalue weighted by Crippen LogP contribution is 2.16. The highest BCUT2D eigenvalue weighted by Gasteiger charge is 2.10. The van der Waals surface area contributed by atoms with E-state index in [1.54, 1.807) is 18.5 Å². The third kappa shape index (κ3) is 2.88. The van der Waals surface area contributed by atoms with Gasteiger partial charge in [0.15, 0.2) is 0 Å². The zero-order chi connectivity index (χ0) is 12.1. The molecule has 0 amide bonds. The van der Waals surface area contributed by atoms with E-state index in [0.29, 0.717) is 5.82 Å². The molecule has 3 nitrogen and oxygen atoms in total. The molecule has 1 aromatic carbocycles. The van der Waals surface area contributed by atoms with E-state index in [9.17, 15) is 0 Å². The van der Waals surface area contributed by atoms with Crippen LogP contribution in [0.4, 0.5) is 0 Å². The van der Waals surface area contributed by atoms with E-state index >= 15 is 0 Å². The zero-order valence-corrected chi connectivity index (χ0v) is 10.0. The van der Waals surface area contributed by atoms with E-state index in [0.717, 1.165) is 18.4 Å². The number of nitrogens with zero attached hydrogens (tertiary/aromatic N) is 2. The minimum absolute atomic E-state index is 0.244. The normalized spacial score (nSPS) is 12.4. The Morgan fingerprint density at radius 1 is 1.12 bits per heavy atom. The molecule has 0 radical (unpaired) electrons. The Kier molecular flexibility index (Phi) is 3.83. The largest absolute Gasteiger partial charge is 0.318 e. The summed E-state index contributed by atoms with van der Waals surface area (Å²) >= 11 is 0. The summed E-state index contributed by atoms with van der Waals surface area (Å²) in [5.74, 6) is 0.663. The molecule has 1 atom stereocenters. The van der Waals surface area contributed by atoms with Crippen LogP contribution in [-0.2, 0) is 6.42 Å². The predicted octanol–water partition coefficient (Wildman–Crippen LogP) is 2.48. The Morgan fingerprint density at radius 2 is 1.76 bits per heavy atom. The second-order valence-electron chi connectivity index (χ2n) is 4.08. The number of hydrogen-bond donors (Lipinski definition) is 1. The van der Waals surface area contributed by atoms with Gasteiger partial charge in [-0.1, -0.05) is 37.6 Å². The van der Waals surface area contributed by atoms with E-state index in [1.807, 2.05) is 0 Å². The molecule has 0 aliphatic rings. The number of nitrogens with two attached hydrogens (primary N) is 1. The van der Waals surface area contributed by atoms with E-state index < -0.39 is 0 Å². The fraction of sp³-hybridized carbons (Fsp3) is 0.286. The van der Waals surface area contributed by atoms with Crippen molar-refractivity contribution < 1.29 is 0 Å². The van der Waals surface area contributed by atoms with Crippen LogP contribution in [0.2, 0.25) is 0 Å². The quantitative estimate of drug-likeness (QED) is 0.873. The van der Waals surface area contributed by atoms with Crippen molar-refractivity contribution in [3.8, 4) is 0 Å². The first-order chi connectivity index (χ1) is 8.31. The molecular formula is C14H17N3. The first-order valence-electron chi connectivity index (χ1n) is 5.92. The van der Waals surface area contributed by atoms with Gasteiger partial charge < -0.3 is 5.73 Å². The minimum atomic E-state index is -0.244. The molecule has 0 spiro atoms. The molecule has 0 aliphatic carbocycles. The van der Waals surface area contributed by atoms with Gasteiger partial charge in [-0.3, -0.25) is 0 Å². The standard InChI is InChI=1S/C14H17N3/c1-2-4-11-5-7-12(8-6-11)13(15)14-16-9-3-10-17-14/h3,5-10,13H,2,4,15H2,1H3. The fourth-order valence-electron chi connectivity index (χ4n) is 1.80. The third-order valence-corrected chi connectivity index (χ3v) is 2.74. The maximum absolute atomic E-state index is 6.12. The van der Waals surface area contributed by atoms with E-state index in [-0.39, 0.29) is 6.04 Å². The fourth-order valence-corrected chi connectivity index (χ4v) is 1.80. The molecule has 0 saturated heterocycles. The first-order valence-corrected chi connectivity index (χ1v) is 5.92. The Morgan fingerprint density at radius 3 is 2.35 bits per heavy atom. The Balaban J connectivity index is 2.17. The lowest BCUT2D eigenvalue weighted by atomic mass is 10.0. The van der Waals surface area contributed by atoms with Gasteiger partial charge in [0.2, 0.25) is 0 Å². The lowest BCUT2D eigenvalue weighted by Gasteiger charge is -2.10. The highest BCUT2D eigenvalue weighted by atomic mass is 14.9. The van der Waals surface area contributed by atoms with Crippen molar-refractivity contribution in [3.05, 3.63) is 59.7 Å². The smallest absolute Gasteiger partial charge is 0.149 e. The Bertz CT molecular complexity index is 451. The highest BCUT2D eigenvalue weighted by molar-refractivity contribution is 5.28. The van der Waals surface area contributed by atoms with Gasteiger partial charge >= 0.3 is 0 Å². The molecule has 0 aliphatic heterocycles. The van der Waals surface area contributed by atoms with Crippen LogP contribution in [0.3, 0.4) is 0 Å². The van der Waals surface area contributed by atoms with Crippen LogP contribution in [0.25, 0.3) is 0 Å². The number of benzene rings is 1. The predicted molar refractivity (Wildman–Crippen MR) is 68.5 cm³/mol. The van der Waals surface area contributed by atoms with Gasteiger partial charge in [0.1, 0.15) is 5.82 Å². The molecule has 1 aromatic heterocycles. The molecule has 17 heavy (non-hydrogen) atoms. The van der Waals surface area contributed by atoms with Crippen molar-refractivity contribution in [1.29, 1.82) is 0 Å². The molecule has 3 heteroatoms. The van der Waals surface area contributed by atoms with E-state index in [4.69, 9.17) is 5.73 Å². The summed E-state index contributed by atoms with van der Waals surface area (Å²) in [6.45, 7) is 2.18. The van der Waals surface area contributed by atoms with Gasteiger partial charge in [0, 0.05) is 12.4 Å². The number of aryl methyl sites for hydroxylation is 1. The lowest BCUT2D eigenvalue weighted by Crippen LogP contribution is -2.14. The second-order valence-corrected chi connectivity index (χ2v) is 4.08. The van der Waals surface area contributed by atoms with Gasteiger partial charge in [-0.05, 0) is 23.6 Å². The summed E-state index contributed by atoms with van der Waals surface area (Å²) < 4.78 is 0. The van der Waals surface area contributed by atoms with Gasteiger partial charge in [0.05, 0.1) is 6.04 Å². The summed E-state index contributed by atoms with van der Waals surface area (Å²) in [7, 11) is 0. The van der Waals surface area contributed by atoms with Crippen LogP contribution in [-0.4, -0.2) is 9.97 Å². The average Bonchev–Trinajstić information content (AvgIpc) is 2.40. The van der Waals surface area contributed by atoms with Crippen molar-refractivity contribution in [3.63, 3.8) is 0 Å². The molecule has 88 valence electrons. The van der Waals surface area contributed by atoms with E-state index in [2.05, 4.69) is 41.2 Å². The minimum Gasteiger partial charge on any atom is -0.318 e. The average molecular weight is 227 g/mol. The number of hydrogen-bond acceptors (Lipinski definition) is 3. The van der Waals surface area contributed by atoms with Crippen molar-refractivity contribution in [2.24, 2.45) is 5.73 Å². The first kappa shape index (κ1) is 11.7. The molecule has 2 N–H and O–H groups in total. The van der Waals surface area contributed by atoms with Crippen molar-refractivity contribution in [1.82, 2.24) is 9.97 Å². The summed E-state index contributed by atoms with van der Waals surface area (Å²) in [5.41, 5.74) is 8.51. The SMILES string of the molecule is CCCc1ccc(C(N)c2ncccn2)cc1. The Hall–Kier alpha value is -1.74. The van der Waals surface area contributed by atoms with Gasteiger partial charge in [0.25, 0.3) is 0 Å². The molecule has 1 heterocycles. The molecular weight excluding hydrogens is 210 g/mol. The maximum atomic E-state index is 6.12. The van der Waals surface area contributed by atoms with Crippen LogP contribution in [0.5, 0.6) is 0 Å². The van der Waals surface area contributed by atoms with Crippen LogP contribution in [0.15, 0.2) is 42.7 Å². The summed E-state index contributed by atoms with van der Waals surface area (Å²) in [5, 5.41) is 0. The second kappa shape index (κ2) is 5.55. The third-order valence-electron chi connectivity index (χ3n) is 2.74. The lowest BCUT2D eigenvalue weighted by molar-refractivity contribution is 0.779. The molecule has 0 fully saturated rings. The van der Waals surface area contributed by atoms with Crippen LogP contribution in [0.1, 0.15) is 36.3 Å². The molecule has 2 aromatic rings. The Labute approximate surface area is 102 Å². The molecule has 1 unspecified atom stereocenters. The van der Waals surface area contributed by atoms with E-state index in [1.165, 1.54) is 5.56 Å². The molecule has 2 rings (SSSR count). The van der Waals surface area contributed by atoms with Gasteiger partial charge in [-0.15, -0.1) is 0 Å². The van der Waals surface area contributed by atoms with Crippen molar-refractivity contribution in [2.75, 3.05) is 0 Å².